The van der Waals surface area contributed by atoms with E-state index in [2.05, 4.69) is 4.90 Å². The van der Waals surface area contributed by atoms with Gasteiger partial charge in [0.25, 0.3) is 5.91 Å². The van der Waals surface area contributed by atoms with Gasteiger partial charge in [0.05, 0.1) is 0 Å². The maximum Gasteiger partial charge on any atom is 0.253 e. The van der Waals surface area contributed by atoms with Gasteiger partial charge in [0.1, 0.15) is 0 Å². The number of amides is 1. The second-order valence-electron chi connectivity index (χ2n) is 6.38. The molecule has 2 heterocycles. The largest absolute Gasteiger partial charge is 0.378 e. The molecular weight excluding hydrogens is 262 g/mol. The van der Waals surface area contributed by atoms with Crippen molar-refractivity contribution in [2.75, 3.05) is 45.2 Å². The highest BCUT2D eigenvalue weighted by Crippen LogP contribution is 2.22. The van der Waals surface area contributed by atoms with E-state index >= 15 is 0 Å². The molecule has 1 unspecified atom stereocenters. The van der Waals surface area contributed by atoms with Crippen molar-refractivity contribution in [1.82, 2.24) is 9.80 Å². The zero-order valence-corrected chi connectivity index (χ0v) is 13.1. The maximum atomic E-state index is 12.6. The lowest BCUT2D eigenvalue weighted by Gasteiger charge is -2.23. The van der Waals surface area contributed by atoms with Crippen LogP contribution in [-0.2, 0) is 0 Å². The van der Waals surface area contributed by atoms with E-state index in [-0.39, 0.29) is 5.91 Å². The molecule has 2 aliphatic rings. The lowest BCUT2D eigenvalue weighted by Crippen LogP contribution is -2.37. The highest BCUT2D eigenvalue weighted by molar-refractivity contribution is 5.94. The van der Waals surface area contributed by atoms with Gasteiger partial charge < -0.3 is 9.80 Å². The number of hydrogen-bond donors (Lipinski definition) is 0. The summed E-state index contributed by atoms with van der Waals surface area (Å²) in [5.74, 6) is 0.182. The summed E-state index contributed by atoms with van der Waals surface area (Å²) in [5.41, 5.74) is 1.94. The van der Waals surface area contributed by atoms with Crippen LogP contribution >= 0.6 is 0 Å². The van der Waals surface area contributed by atoms with Crippen molar-refractivity contribution < 1.29 is 4.79 Å². The van der Waals surface area contributed by atoms with Crippen LogP contribution in [0.25, 0.3) is 0 Å². The molecule has 4 nitrogen and oxygen atoms in total. The first-order chi connectivity index (χ1) is 10.1. The van der Waals surface area contributed by atoms with Crippen LogP contribution in [0.2, 0.25) is 0 Å². The Kier molecular flexibility index (Phi) is 4.15. The van der Waals surface area contributed by atoms with E-state index in [0.717, 1.165) is 30.8 Å². The van der Waals surface area contributed by atoms with Crippen LogP contribution < -0.4 is 4.90 Å². The summed E-state index contributed by atoms with van der Waals surface area (Å²) in [5, 5.41) is 0. The Morgan fingerprint density at radius 2 is 1.76 bits per heavy atom. The van der Waals surface area contributed by atoms with Crippen LogP contribution in [0, 0.1) is 0 Å². The summed E-state index contributed by atoms with van der Waals surface area (Å²) < 4.78 is 0. The number of carbonyl (C=O) groups is 1. The van der Waals surface area contributed by atoms with E-state index in [4.69, 9.17) is 0 Å². The maximum absolute atomic E-state index is 12.6. The Bertz CT molecular complexity index is 491. The number of rotatable bonds is 3. The highest BCUT2D eigenvalue weighted by Gasteiger charge is 2.31. The minimum atomic E-state index is 0.182. The van der Waals surface area contributed by atoms with Crippen LogP contribution in [0.5, 0.6) is 0 Å². The Morgan fingerprint density at radius 3 is 2.38 bits per heavy atom. The minimum absolute atomic E-state index is 0.182. The van der Waals surface area contributed by atoms with Gasteiger partial charge in [-0.25, -0.2) is 0 Å². The summed E-state index contributed by atoms with van der Waals surface area (Å²) in [7, 11) is 4.02. The second kappa shape index (κ2) is 6.06. The van der Waals surface area contributed by atoms with E-state index in [1.807, 2.05) is 48.2 Å². The van der Waals surface area contributed by atoms with Gasteiger partial charge in [0.15, 0.2) is 0 Å². The molecule has 1 aromatic carbocycles. The van der Waals surface area contributed by atoms with E-state index in [1.54, 1.807) is 0 Å². The first kappa shape index (κ1) is 14.4. The Balaban J connectivity index is 1.63. The first-order valence-corrected chi connectivity index (χ1v) is 7.96. The molecule has 1 aromatic rings. The molecule has 0 radical (unpaired) electrons. The average Bonchev–Trinajstić information content (AvgIpc) is 3.17. The van der Waals surface area contributed by atoms with Crippen LogP contribution in [0.15, 0.2) is 24.3 Å². The van der Waals surface area contributed by atoms with Crippen LogP contribution in [0.3, 0.4) is 0 Å². The third-order valence-corrected chi connectivity index (χ3v) is 4.74. The lowest BCUT2D eigenvalue weighted by atomic mass is 10.2. The summed E-state index contributed by atoms with van der Waals surface area (Å²) in [6.07, 6.45) is 3.76. The number of benzene rings is 1. The van der Waals surface area contributed by atoms with Crippen molar-refractivity contribution in [1.29, 1.82) is 0 Å². The van der Waals surface area contributed by atoms with E-state index in [9.17, 15) is 4.79 Å². The monoisotopic (exact) mass is 287 g/mol. The van der Waals surface area contributed by atoms with Gasteiger partial charge in [0.2, 0.25) is 0 Å². The van der Waals surface area contributed by atoms with Crippen LogP contribution in [-0.4, -0.2) is 62.0 Å². The SMILES string of the molecule is CN(C)c1ccc(C(=O)N2CCC(N3CCCC3)C2)cc1. The standard InChI is InChI=1S/C17H25N3O/c1-18(2)15-7-5-14(6-8-15)17(21)20-12-9-16(13-20)19-10-3-4-11-19/h5-8,16H,3-4,9-13H2,1-2H3. The molecule has 2 saturated heterocycles. The fourth-order valence-electron chi connectivity index (χ4n) is 3.42. The van der Waals surface area contributed by atoms with Crippen molar-refractivity contribution in [3.8, 4) is 0 Å². The molecule has 0 aromatic heterocycles. The van der Waals surface area contributed by atoms with E-state index in [1.165, 1.54) is 25.9 Å². The molecule has 1 amide bonds. The molecule has 4 heteroatoms. The van der Waals surface area contributed by atoms with Gasteiger partial charge in [-0.2, -0.15) is 0 Å². The number of likely N-dealkylation sites (tertiary alicyclic amines) is 2. The molecule has 1 atom stereocenters. The van der Waals surface area contributed by atoms with Crippen LogP contribution in [0.4, 0.5) is 5.69 Å². The van der Waals surface area contributed by atoms with Gasteiger partial charge in [0, 0.05) is 44.5 Å². The summed E-state index contributed by atoms with van der Waals surface area (Å²) in [4.78, 5) is 19.2. The highest BCUT2D eigenvalue weighted by atomic mass is 16.2. The Hall–Kier alpha value is -1.55. The fourth-order valence-corrected chi connectivity index (χ4v) is 3.42. The summed E-state index contributed by atoms with van der Waals surface area (Å²) in [6, 6.07) is 8.50. The minimum Gasteiger partial charge on any atom is -0.378 e. The predicted molar refractivity (Wildman–Crippen MR) is 85.9 cm³/mol. The van der Waals surface area contributed by atoms with Crippen molar-refractivity contribution in [3.05, 3.63) is 29.8 Å². The topological polar surface area (TPSA) is 26.8 Å². The molecule has 0 spiro atoms. The lowest BCUT2D eigenvalue weighted by molar-refractivity contribution is 0.0780. The normalized spacial score (nSPS) is 22.8. The Labute approximate surface area is 127 Å². The van der Waals surface area contributed by atoms with Gasteiger partial charge in [-0.05, 0) is 56.6 Å². The average molecular weight is 287 g/mol. The molecule has 114 valence electrons. The smallest absolute Gasteiger partial charge is 0.253 e. The number of nitrogens with zero attached hydrogens (tertiary/aromatic N) is 3. The van der Waals surface area contributed by atoms with Crippen molar-refractivity contribution in [2.45, 2.75) is 25.3 Å². The van der Waals surface area contributed by atoms with E-state index in [0.29, 0.717) is 6.04 Å². The zero-order valence-electron chi connectivity index (χ0n) is 13.1. The van der Waals surface area contributed by atoms with E-state index < -0.39 is 0 Å². The zero-order chi connectivity index (χ0) is 14.8. The number of carbonyl (C=O) groups excluding carboxylic acids is 1. The molecule has 0 aliphatic carbocycles. The Morgan fingerprint density at radius 1 is 1.10 bits per heavy atom. The molecule has 0 N–H and O–H groups in total. The molecule has 21 heavy (non-hydrogen) atoms. The van der Waals surface area contributed by atoms with Crippen molar-refractivity contribution >= 4 is 11.6 Å². The molecule has 0 saturated carbocycles. The quantitative estimate of drug-likeness (QED) is 0.851. The van der Waals surface area contributed by atoms with Gasteiger partial charge >= 0.3 is 0 Å². The van der Waals surface area contributed by atoms with Gasteiger partial charge in [-0.15, -0.1) is 0 Å². The number of anilines is 1. The molecule has 0 bridgehead atoms. The second-order valence-corrected chi connectivity index (χ2v) is 6.38. The molecule has 3 rings (SSSR count). The fraction of sp³-hybridized carbons (Fsp3) is 0.588. The van der Waals surface area contributed by atoms with Crippen molar-refractivity contribution in [2.24, 2.45) is 0 Å². The predicted octanol–water partition coefficient (Wildman–Crippen LogP) is 2.06. The third kappa shape index (κ3) is 3.05. The first-order valence-electron chi connectivity index (χ1n) is 7.96. The summed E-state index contributed by atoms with van der Waals surface area (Å²) >= 11 is 0. The molecule has 2 aliphatic heterocycles. The number of hydrogen-bond acceptors (Lipinski definition) is 3. The van der Waals surface area contributed by atoms with Gasteiger partial charge in [-0.1, -0.05) is 0 Å². The third-order valence-electron chi connectivity index (χ3n) is 4.74. The molecule has 2 fully saturated rings. The van der Waals surface area contributed by atoms with Crippen LogP contribution in [0.1, 0.15) is 29.6 Å². The van der Waals surface area contributed by atoms with Crippen molar-refractivity contribution in [3.63, 3.8) is 0 Å². The van der Waals surface area contributed by atoms with Gasteiger partial charge in [-0.3, -0.25) is 9.69 Å². The summed E-state index contributed by atoms with van der Waals surface area (Å²) in [6.45, 7) is 4.22. The molecular formula is C17H25N3O.